The van der Waals surface area contributed by atoms with Crippen LogP contribution in [0.2, 0.25) is 0 Å². The average Bonchev–Trinajstić information content (AvgIpc) is 2.82. The van der Waals surface area contributed by atoms with E-state index in [4.69, 9.17) is 9.47 Å². The van der Waals surface area contributed by atoms with E-state index in [9.17, 15) is 14.4 Å². The lowest BCUT2D eigenvalue weighted by Gasteiger charge is -2.37. The molecular weight excluding hydrogens is 478 g/mol. The number of anilines is 1. The molecule has 2 aliphatic rings. The fourth-order valence-electron chi connectivity index (χ4n) is 6.14. The summed E-state index contributed by atoms with van der Waals surface area (Å²) < 4.78 is 12.2. The molecule has 0 heterocycles. The number of rotatable bonds is 8. The van der Waals surface area contributed by atoms with Crippen LogP contribution in [0.3, 0.4) is 0 Å². The first-order chi connectivity index (χ1) is 17.9. The van der Waals surface area contributed by atoms with Crippen molar-refractivity contribution in [2.24, 2.45) is 35.5 Å². The number of carbonyl (C=O) groups is 3. The predicted octanol–water partition coefficient (Wildman–Crippen LogP) is 7.04. The van der Waals surface area contributed by atoms with Crippen LogP contribution >= 0.6 is 0 Å². The van der Waals surface area contributed by atoms with Gasteiger partial charge in [-0.1, -0.05) is 66.5 Å². The third-order valence-corrected chi connectivity index (χ3v) is 8.42. The van der Waals surface area contributed by atoms with Gasteiger partial charge in [-0.05, 0) is 85.0 Å². The lowest BCUT2D eigenvalue weighted by atomic mass is 9.75. The molecule has 0 aromatic heterocycles. The molecule has 6 atom stereocenters. The summed E-state index contributed by atoms with van der Waals surface area (Å²) in [4.78, 5) is 38.6. The molecule has 210 valence electrons. The number of carbonyl (C=O) groups excluding carboxylic acids is 3. The first-order valence-electron chi connectivity index (χ1n) is 14.5. The Morgan fingerprint density at radius 3 is 1.63 bits per heavy atom. The molecule has 2 fully saturated rings. The van der Waals surface area contributed by atoms with Crippen LogP contribution < -0.4 is 5.32 Å². The van der Waals surface area contributed by atoms with E-state index in [2.05, 4.69) is 46.9 Å². The lowest BCUT2D eigenvalue weighted by molar-refractivity contribution is -0.159. The molecule has 6 heteroatoms. The van der Waals surface area contributed by atoms with Gasteiger partial charge in [0.15, 0.2) is 0 Å². The number of esters is 2. The average molecular weight is 526 g/mol. The molecule has 3 rings (SSSR count). The topological polar surface area (TPSA) is 81.7 Å². The summed E-state index contributed by atoms with van der Waals surface area (Å²) >= 11 is 0. The third kappa shape index (κ3) is 8.18. The predicted molar refractivity (Wildman–Crippen MR) is 151 cm³/mol. The standard InChI is InChI=1S/C32H47NO5/c1-19(2)26-14-8-21(5)16-29(26)37-31(35)28(18-24-10-12-25(13-11-24)33-23(7)34)32(36)38-30-17-22(6)9-15-27(30)20(3)4/h10-13,18-22,26-27,29-30H,8-9,14-17H2,1-7H3,(H,33,34). The summed E-state index contributed by atoms with van der Waals surface area (Å²) in [5.41, 5.74) is 1.24. The Kier molecular flexibility index (Phi) is 10.6. The molecule has 0 aliphatic heterocycles. The maximum atomic E-state index is 13.6. The maximum Gasteiger partial charge on any atom is 0.345 e. The molecule has 1 aromatic rings. The van der Waals surface area contributed by atoms with Crippen molar-refractivity contribution in [3.63, 3.8) is 0 Å². The highest BCUT2D eigenvalue weighted by molar-refractivity contribution is 6.17. The second-order valence-electron chi connectivity index (χ2n) is 12.4. The van der Waals surface area contributed by atoms with Gasteiger partial charge in [0.1, 0.15) is 17.8 Å². The van der Waals surface area contributed by atoms with Gasteiger partial charge in [0.2, 0.25) is 5.91 Å². The van der Waals surface area contributed by atoms with Crippen LogP contribution in [-0.2, 0) is 23.9 Å². The second kappa shape index (κ2) is 13.4. The number of hydrogen-bond donors (Lipinski definition) is 1. The fourth-order valence-corrected chi connectivity index (χ4v) is 6.14. The molecule has 0 spiro atoms. The Morgan fingerprint density at radius 1 is 0.789 bits per heavy atom. The molecule has 2 saturated carbocycles. The van der Waals surface area contributed by atoms with Crippen LogP contribution in [0.15, 0.2) is 29.8 Å². The normalized spacial score (nSPS) is 27.5. The van der Waals surface area contributed by atoms with Gasteiger partial charge in [0, 0.05) is 12.6 Å². The Hall–Kier alpha value is -2.63. The van der Waals surface area contributed by atoms with Crippen molar-refractivity contribution >= 4 is 29.6 Å². The maximum absolute atomic E-state index is 13.6. The van der Waals surface area contributed by atoms with Crippen LogP contribution in [-0.4, -0.2) is 30.1 Å². The van der Waals surface area contributed by atoms with Gasteiger partial charge in [0.25, 0.3) is 0 Å². The van der Waals surface area contributed by atoms with Crippen molar-refractivity contribution in [1.82, 2.24) is 0 Å². The van der Waals surface area contributed by atoms with Crippen LogP contribution in [0, 0.1) is 35.5 Å². The van der Waals surface area contributed by atoms with Crippen molar-refractivity contribution in [3.8, 4) is 0 Å². The molecule has 1 aromatic carbocycles. The minimum Gasteiger partial charge on any atom is -0.458 e. The number of ether oxygens (including phenoxy) is 2. The van der Waals surface area contributed by atoms with E-state index in [0.29, 0.717) is 34.9 Å². The monoisotopic (exact) mass is 525 g/mol. The lowest BCUT2D eigenvalue weighted by Crippen LogP contribution is -2.39. The quantitative estimate of drug-likeness (QED) is 0.170. The molecular formula is C32H47NO5. The summed E-state index contributed by atoms with van der Waals surface area (Å²) in [5.74, 6) is 0.865. The molecule has 6 unspecified atom stereocenters. The SMILES string of the molecule is CC(=O)Nc1ccc(C=C(C(=O)OC2CC(C)CCC2C(C)C)C(=O)OC2CC(C)CCC2C(C)C)cc1. The van der Waals surface area contributed by atoms with Crippen molar-refractivity contribution in [2.75, 3.05) is 5.32 Å². The first-order valence-corrected chi connectivity index (χ1v) is 14.5. The van der Waals surface area contributed by atoms with Crippen LogP contribution in [0.1, 0.15) is 92.6 Å². The molecule has 1 N–H and O–H groups in total. The van der Waals surface area contributed by atoms with Gasteiger partial charge in [-0.3, -0.25) is 4.79 Å². The van der Waals surface area contributed by atoms with Crippen molar-refractivity contribution < 1.29 is 23.9 Å². The van der Waals surface area contributed by atoms with Crippen LogP contribution in [0.25, 0.3) is 6.08 Å². The smallest absolute Gasteiger partial charge is 0.345 e. The Morgan fingerprint density at radius 2 is 1.24 bits per heavy atom. The molecule has 0 bridgehead atoms. The van der Waals surface area contributed by atoms with Crippen molar-refractivity contribution in [2.45, 2.75) is 99.2 Å². The van der Waals surface area contributed by atoms with E-state index in [1.165, 1.54) is 6.92 Å². The number of nitrogens with one attached hydrogen (secondary N) is 1. The van der Waals surface area contributed by atoms with Crippen molar-refractivity contribution in [3.05, 3.63) is 35.4 Å². The van der Waals surface area contributed by atoms with E-state index >= 15 is 0 Å². The zero-order chi connectivity index (χ0) is 28.0. The number of amides is 1. The van der Waals surface area contributed by atoms with Crippen molar-refractivity contribution in [1.29, 1.82) is 0 Å². The van der Waals surface area contributed by atoms with Gasteiger partial charge in [0.05, 0.1) is 0 Å². The molecule has 6 nitrogen and oxygen atoms in total. The highest BCUT2D eigenvalue weighted by Gasteiger charge is 2.38. The molecule has 38 heavy (non-hydrogen) atoms. The Labute approximate surface area is 228 Å². The van der Waals surface area contributed by atoms with E-state index in [0.717, 1.165) is 38.5 Å². The summed E-state index contributed by atoms with van der Waals surface area (Å²) in [6.45, 7) is 14.5. The molecule has 0 saturated heterocycles. The Bertz CT molecular complexity index is 948. The molecule has 2 aliphatic carbocycles. The Balaban J connectivity index is 1.88. The molecule has 1 amide bonds. The largest absolute Gasteiger partial charge is 0.458 e. The van der Waals surface area contributed by atoms with E-state index < -0.39 is 11.9 Å². The van der Waals surface area contributed by atoms with Gasteiger partial charge in [-0.2, -0.15) is 0 Å². The summed E-state index contributed by atoms with van der Waals surface area (Å²) in [6.07, 6.45) is 7.01. The van der Waals surface area contributed by atoms with Gasteiger partial charge in [-0.15, -0.1) is 0 Å². The van der Waals surface area contributed by atoms with E-state index in [1.807, 2.05) is 0 Å². The minimum atomic E-state index is -0.615. The highest BCUT2D eigenvalue weighted by atomic mass is 16.6. The summed E-state index contributed by atoms with van der Waals surface area (Å²) in [7, 11) is 0. The summed E-state index contributed by atoms with van der Waals surface area (Å²) in [6, 6.07) is 7.03. The van der Waals surface area contributed by atoms with Gasteiger partial charge >= 0.3 is 11.9 Å². The fraction of sp³-hybridized carbons (Fsp3) is 0.656. The zero-order valence-corrected chi connectivity index (χ0v) is 24.3. The number of benzene rings is 1. The van der Waals surface area contributed by atoms with E-state index in [-0.39, 0.29) is 35.5 Å². The first kappa shape index (κ1) is 29.9. The third-order valence-electron chi connectivity index (χ3n) is 8.42. The number of hydrogen-bond acceptors (Lipinski definition) is 5. The summed E-state index contributed by atoms with van der Waals surface area (Å²) in [5, 5.41) is 2.74. The van der Waals surface area contributed by atoms with Crippen LogP contribution in [0.4, 0.5) is 5.69 Å². The second-order valence-corrected chi connectivity index (χ2v) is 12.4. The van der Waals surface area contributed by atoms with E-state index in [1.54, 1.807) is 30.3 Å². The zero-order valence-electron chi connectivity index (χ0n) is 24.3. The van der Waals surface area contributed by atoms with Gasteiger partial charge < -0.3 is 14.8 Å². The molecule has 0 radical (unpaired) electrons. The highest BCUT2D eigenvalue weighted by Crippen LogP contribution is 2.37. The minimum absolute atomic E-state index is 0.0706. The van der Waals surface area contributed by atoms with Crippen LogP contribution in [0.5, 0.6) is 0 Å². The van der Waals surface area contributed by atoms with Gasteiger partial charge in [-0.25, -0.2) is 9.59 Å².